The maximum absolute atomic E-state index is 12.9. The van der Waals surface area contributed by atoms with Crippen molar-refractivity contribution in [3.8, 4) is 28.7 Å². The van der Waals surface area contributed by atoms with Crippen molar-refractivity contribution in [1.82, 2.24) is 0 Å². The third kappa shape index (κ3) is 6.08. The minimum atomic E-state index is -1.77. The van der Waals surface area contributed by atoms with E-state index in [2.05, 4.69) is 0 Å². The number of hydrogen-bond donors (Lipinski definition) is 8. The van der Waals surface area contributed by atoms with Gasteiger partial charge in [-0.3, -0.25) is 4.79 Å². The van der Waals surface area contributed by atoms with Crippen LogP contribution in [0.15, 0.2) is 30.3 Å². The molecule has 2 fully saturated rings. The first-order chi connectivity index (χ1) is 20.4. The van der Waals surface area contributed by atoms with E-state index in [4.69, 9.17) is 28.4 Å². The molecule has 0 spiro atoms. The summed E-state index contributed by atoms with van der Waals surface area (Å²) in [7, 11) is 1.38. The summed E-state index contributed by atoms with van der Waals surface area (Å²) < 4.78 is 33.3. The molecule has 8 N–H and O–H groups in total. The van der Waals surface area contributed by atoms with Crippen molar-refractivity contribution < 1.29 is 74.1 Å². The second-order valence-electron chi connectivity index (χ2n) is 10.6. The minimum absolute atomic E-state index is 0.0349. The number of rotatable bonds is 7. The lowest BCUT2D eigenvalue weighted by atomic mass is 9.95. The number of carbonyl (C=O) groups excluding carboxylic acids is 1. The van der Waals surface area contributed by atoms with Gasteiger partial charge in [0.05, 0.1) is 26.2 Å². The highest BCUT2D eigenvalue weighted by Crippen LogP contribution is 2.43. The van der Waals surface area contributed by atoms with Gasteiger partial charge in [-0.25, -0.2) is 0 Å². The van der Waals surface area contributed by atoms with E-state index in [1.807, 2.05) is 0 Å². The summed E-state index contributed by atoms with van der Waals surface area (Å²) >= 11 is 0. The number of methoxy groups -OCH3 is 1. The largest absolute Gasteiger partial charge is 0.507 e. The van der Waals surface area contributed by atoms with Gasteiger partial charge in [0, 0.05) is 12.1 Å². The van der Waals surface area contributed by atoms with E-state index in [0.29, 0.717) is 5.56 Å². The molecule has 0 unspecified atom stereocenters. The fraction of sp³-hybridized carbons (Fsp3) is 0.536. The van der Waals surface area contributed by atoms with Crippen LogP contribution < -0.4 is 14.2 Å². The SMILES string of the molecule is COc1cc([C@@H]2CC(=O)c3c(O)cc(O[C@@H]4O[C@H](CO[C@@H]5O[C@@H](C)[C@H](O)[C@@H](O)[C@H]5O)[C@@H](O)[C@H](O)[C@H]4O)cc3O2)ccc1O. The molecule has 5 rings (SSSR count). The Morgan fingerprint density at radius 1 is 0.837 bits per heavy atom. The van der Waals surface area contributed by atoms with Crippen LogP contribution in [0.1, 0.15) is 35.4 Å². The van der Waals surface area contributed by atoms with Gasteiger partial charge >= 0.3 is 0 Å². The van der Waals surface area contributed by atoms with Crippen molar-refractivity contribution in [1.29, 1.82) is 0 Å². The van der Waals surface area contributed by atoms with Crippen LogP contribution in [0.25, 0.3) is 0 Å². The van der Waals surface area contributed by atoms with Crippen LogP contribution in [-0.4, -0.2) is 122 Å². The molecule has 0 aromatic heterocycles. The predicted molar refractivity (Wildman–Crippen MR) is 141 cm³/mol. The molecule has 43 heavy (non-hydrogen) atoms. The summed E-state index contributed by atoms with van der Waals surface area (Å²) in [5.41, 5.74) is 0.433. The highest BCUT2D eigenvalue weighted by atomic mass is 16.7. The molecule has 0 aliphatic carbocycles. The van der Waals surface area contributed by atoms with Crippen LogP contribution in [0, 0.1) is 0 Å². The molecule has 0 radical (unpaired) electrons. The topological polar surface area (TPSA) is 234 Å². The molecule has 236 valence electrons. The van der Waals surface area contributed by atoms with Gasteiger partial charge in [-0.05, 0) is 24.6 Å². The number of Topliss-reactive ketones (excluding diaryl/α,β-unsaturated/α-hetero) is 1. The van der Waals surface area contributed by atoms with Gasteiger partial charge in [-0.15, -0.1) is 0 Å². The maximum atomic E-state index is 12.9. The number of benzene rings is 2. The highest BCUT2D eigenvalue weighted by Gasteiger charge is 2.47. The lowest BCUT2D eigenvalue weighted by molar-refractivity contribution is -0.318. The number of fused-ring (bicyclic) bond motifs is 1. The first-order valence-corrected chi connectivity index (χ1v) is 13.5. The number of hydrogen-bond acceptors (Lipinski definition) is 15. The molecule has 3 heterocycles. The number of phenolic OH excluding ortho intramolecular Hbond substituents is 2. The summed E-state index contributed by atoms with van der Waals surface area (Å²) in [5.74, 6) is -0.966. The van der Waals surface area contributed by atoms with Crippen molar-refractivity contribution in [2.24, 2.45) is 0 Å². The lowest BCUT2D eigenvalue weighted by Gasteiger charge is -2.42. The molecule has 0 saturated carbocycles. The average Bonchev–Trinajstić information content (AvgIpc) is 2.97. The number of phenols is 2. The third-order valence-electron chi connectivity index (χ3n) is 7.70. The third-order valence-corrected chi connectivity index (χ3v) is 7.70. The van der Waals surface area contributed by atoms with E-state index in [1.54, 1.807) is 6.07 Å². The van der Waals surface area contributed by atoms with Gasteiger partial charge in [0.25, 0.3) is 0 Å². The molecule has 0 amide bonds. The van der Waals surface area contributed by atoms with Gasteiger partial charge < -0.3 is 69.3 Å². The van der Waals surface area contributed by atoms with Crippen molar-refractivity contribution in [2.45, 2.75) is 80.9 Å². The number of ether oxygens (including phenoxy) is 6. The number of aliphatic hydroxyl groups is 6. The second kappa shape index (κ2) is 12.4. The quantitative estimate of drug-likeness (QED) is 0.185. The molecule has 11 atom stereocenters. The van der Waals surface area contributed by atoms with E-state index in [9.17, 15) is 45.6 Å². The molecule has 3 aliphatic heterocycles. The second-order valence-corrected chi connectivity index (χ2v) is 10.6. The summed E-state index contributed by atoms with van der Waals surface area (Å²) in [6, 6.07) is 6.85. The van der Waals surface area contributed by atoms with Gasteiger partial charge in [-0.1, -0.05) is 6.07 Å². The Kier molecular flexibility index (Phi) is 8.99. The monoisotopic (exact) mass is 610 g/mol. The Bertz CT molecular complexity index is 1320. The first-order valence-electron chi connectivity index (χ1n) is 13.5. The molecule has 2 aromatic rings. The van der Waals surface area contributed by atoms with E-state index in [-0.39, 0.29) is 35.0 Å². The van der Waals surface area contributed by atoms with Gasteiger partial charge in [0.2, 0.25) is 6.29 Å². The molecular weight excluding hydrogens is 576 g/mol. The highest BCUT2D eigenvalue weighted by molar-refractivity contribution is 6.02. The van der Waals surface area contributed by atoms with Crippen LogP contribution in [-0.2, 0) is 14.2 Å². The maximum Gasteiger partial charge on any atom is 0.229 e. The predicted octanol–water partition coefficient (Wildman–Crippen LogP) is -1.16. The zero-order chi connectivity index (χ0) is 31.2. The Morgan fingerprint density at radius 3 is 2.26 bits per heavy atom. The Labute approximate surface area is 245 Å². The van der Waals surface area contributed by atoms with Crippen molar-refractivity contribution >= 4 is 5.78 Å². The molecule has 15 heteroatoms. The fourth-order valence-corrected chi connectivity index (χ4v) is 5.19. The summed E-state index contributed by atoms with van der Waals surface area (Å²) in [4.78, 5) is 12.9. The van der Waals surface area contributed by atoms with Gasteiger partial charge in [0.15, 0.2) is 23.6 Å². The molecule has 15 nitrogen and oxygen atoms in total. The summed E-state index contributed by atoms with van der Waals surface area (Å²) in [6.45, 7) is 0.966. The molecule has 0 bridgehead atoms. The minimum Gasteiger partial charge on any atom is -0.507 e. The van der Waals surface area contributed by atoms with Crippen molar-refractivity contribution in [3.63, 3.8) is 0 Å². The average molecular weight is 611 g/mol. The van der Waals surface area contributed by atoms with Crippen LogP contribution >= 0.6 is 0 Å². The van der Waals surface area contributed by atoms with E-state index < -0.39 is 85.7 Å². The van der Waals surface area contributed by atoms with Gasteiger partial charge in [-0.2, -0.15) is 0 Å². The molecule has 3 aliphatic rings. The Balaban J connectivity index is 1.31. The first kappa shape index (κ1) is 31.2. The van der Waals surface area contributed by atoms with Crippen LogP contribution in [0.4, 0.5) is 0 Å². The normalized spacial score (nSPS) is 36.0. The van der Waals surface area contributed by atoms with Crippen LogP contribution in [0.5, 0.6) is 28.7 Å². The molecular formula is C28H34O15. The number of aliphatic hydroxyl groups excluding tert-OH is 6. The van der Waals surface area contributed by atoms with E-state index in [1.165, 1.54) is 32.2 Å². The Morgan fingerprint density at radius 2 is 1.53 bits per heavy atom. The van der Waals surface area contributed by atoms with E-state index >= 15 is 0 Å². The number of aromatic hydroxyl groups is 2. The summed E-state index contributed by atoms with van der Waals surface area (Å²) in [6.07, 6.45) is -15.9. The number of ketones is 1. The zero-order valence-electron chi connectivity index (χ0n) is 23.1. The van der Waals surface area contributed by atoms with Crippen LogP contribution in [0.2, 0.25) is 0 Å². The number of carbonyl (C=O) groups is 1. The lowest BCUT2D eigenvalue weighted by Crippen LogP contribution is -2.61. The van der Waals surface area contributed by atoms with Gasteiger partial charge in [0.1, 0.15) is 71.6 Å². The van der Waals surface area contributed by atoms with Crippen LogP contribution in [0.3, 0.4) is 0 Å². The standard InChI is InChI=1S/C28H34O15/c1-10-21(32)23(34)25(36)27(40-10)39-9-19-22(33)24(35)26(37)28(43-19)41-12-6-14(30)20-15(31)8-16(42-18(20)7-12)11-3-4-13(29)17(5-11)38-2/h3-7,10,16,19,21-30,32-37H,8-9H2,1-2H3/t10-,16-,19+,21-,22+,23+,24-,25+,26+,27+,28+/m0/s1. The smallest absolute Gasteiger partial charge is 0.229 e. The Hall–Kier alpha value is -3.25. The van der Waals surface area contributed by atoms with Crippen molar-refractivity contribution in [3.05, 3.63) is 41.5 Å². The zero-order valence-corrected chi connectivity index (χ0v) is 23.1. The summed E-state index contributed by atoms with van der Waals surface area (Å²) in [5, 5.41) is 82.0. The van der Waals surface area contributed by atoms with E-state index in [0.717, 1.165) is 6.07 Å². The molecule has 2 aromatic carbocycles. The molecule has 2 saturated heterocycles. The fourth-order valence-electron chi connectivity index (χ4n) is 5.19. The van der Waals surface area contributed by atoms with Crippen molar-refractivity contribution in [2.75, 3.05) is 13.7 Å².